The summed E-state index contributed by atoms with van der Waals surface area (Å²) in [5.41, 5.74) is -0.155. The second-order valence-electron chi connectivity index (χ2n) is 7.27. The van der Waals surface area contributed by atoms with Crippen molar-refractivity contribution in [3.63, 3.8) is 0 Å². The Labute approximate surface area is 159 Å². The Morgan fingerprint density at radius 3 is 2.35 bits per heavy atom. The monoisotopic (exact) mass is 395 g/mol. The molecule has 1 atom stereocenters. The number of carbonyl (C=O) groups excluding carboxylic acids is 1. The molecular weight excluding hydrogens is 370 g/mol. The molecule has 1 amide bonds. The van der Waals surface area contributed by atoms with Gasteiger partial charge in [0.2, 0.25) is 5.91 Å². The van der Waals surface area contributed by atoms with Gasteiger partial charge in [-0.25, -0.2) is 8.42 Å². The number of nitrogens with one attached hydrogen (secondary N) is 1. The minimum absolute atomic E-state index is 0.0454. The molecule has 142 valence electrons. The summed E-state index contributed by atoms with van der Waals surface area (Å²) in [4.78, 5) is 13.1. The van der Waals surface area contributed by atoms with E-state index in [1.54, 1.807) is 18.2 Å². The van der Waals surface area contributed by atoms with Crippen molar-refractivity contribution in [3.05, 3.63) is 46.7 Å². The average molecular weight is 396 g/mol. The third kappa shape index (κ3) is 5.32. The van der Waals surface area contributed by atoms with Gasteiger partial charge in [-0.2, -0.15) is 0 Å². The van der Waals surface area contributed by atoms with Gasteiger partial charge in [-0.05, 0) is 41.1 Å². The highest BCUT2D eigenvalue weighted by Gasteiger charge is 2.31. The molecule has 1 aromatic heterocycles. The van der Waals surface area contributed by atoms with Gasteiger partial charge in [-0.1, -0.05) is 26.8 Å². The van der Waals surface area contributed by atoms with E-state index in [1.165, 1.54) is 30.6 Å². The van der Waals surface area contributed by atoms with Crippen molar-refractivity contribution in [2.45, 2.75) is 37.3 Å². The van der Waals surface area contributed by atoms with E-state index in [-0.39, 0.29) is 22.8 Å². The van der Waals surface area contributed by atoms with Crippen LogP contribution in [0.5, 0.6) is 5.75 Å². The SMILES string of the molecule is COc1ccc(S(=O)(=O)[C@@H](CNC(=O)CC(C)(C)C)c2cccs2)cc1. The second-order valence-corrected chi connectivity index (χ2v) is 10.4. The summed E-state index contributed by atoms with van der Waals surface area (Å²) in [5.74, 6) is 0.444. The van der Waals surface area contributed by atoms with Gasteiger partial charge in [0.1, 0.15) is 11.0 Å². The Balaban J connectivity index is 2.25. The lowest BCUT2D eigenvalue weighted by atomic mass is 9.92. The van der Waals surface area contributed by atoms with Crippen LogP contribution in [0.3, 0.4) is 0 Å². The molecule has 1 N–H and O–H groups in total. The Hall–Kier alpha value is -1.86. The van der Waals surface area contributed by atoms with Crippen molar-refractivity contribution >= 4 is 27.1 Å². The molecule has 1 heterocycles. The molecule has 0 unspecified atom stereocenters. The van der Waals surface area contributed by atoms with Crippen LogP contribution in [-0.2, 0) is 14.6 Å². The van der Waals surface area contributed by atoms with E-state index in [4.69, 9.17) is 4.74 Å². The number of thiophene rings is 1. The Morgan fingerprint density at radius 2 is 1.85 bits per heavy atom. The number of ether oxygens (including phenoxy) is 1. The lowest BCUT2D eigenvalue weighted by Crippen LogP contribution is -2.33. The van der Waals surface area contributed by atoms with Gasteiger partial charge in [-0.15, -0.1) is 11.3 Å². The molecule has 0 aliphatic heterocycles. The molecule has 0 aliphatic rings. The smallest absolute Gasteiger partial charge is 0.220 e. The normalized spacial score (nSPS) is 13.2. The number of benzene rings is 1. The van der Waals surface area contributed by atoms with Crippen molar-refractivity contribution in [3.8, 4) is 5.75 Å². The molecule has 1 aromatic carbocycles. The zero-order valence-electron chi connectivity index (χ0n) is 15.5. The van der Waals surface area contributed by atoms with E-state index in [9.17, 15) is 13.2 Å². The zero-order valence-corrected chi connectivity index (χ0v) is 17.1. The fourth-order valence-corrected chi connectivity index (χ4v) is 5.30. The first-order valence-corrected chi connectivity index (χ1v) is 10.7. The van der Waals surface area contributed by atoms with E-state index in [0.717, 1.165) is 0 Å². The number of sulfone groups is 1. The first-order valence-electron chi connectivity index (χ1n) is 8.31. The number of methoxy groups -OCH3 is 1. The summed E-state index contributed by atoms with van der Waals surface area (Å²) < 4.78 is 31.4. The molecule has 0 saturated heterocycles. The van der Waals surface area contributed by atoms with E-state index < -0.39 is 15.1 Å². The molecule has 26 heavy (non-hydrogen) atoms. The maximum Gasteiger partial charge on any atom is 0.220 e. The highest BCUT2D eigenvalue weighted by molar-refractivity contribution is 7.91. The largest absolute Gasteiger partial charge is 0.497 e. The molecule has 5 nitrogen and oxygen atoms in total. The fraction of sp³-hybridized carbons (Fsp3) is 0.421. The van der Waals surface area contributed by atoms with Crippen molar-refractivity contribution in [1.29, 1.82) is 0 Å². The standard InChI is InChI=1S/C19H25NO4S2/c1-19(2,3)12-18(21)20-13-17(16-6-5-11-25-16)26(22,23)15-9-7-14(24-4)8-10-15/h5-11,17H,12-13H2,1-4H3,(H,20,21)/t17-/m0/s1. The molecule has 0 aliphatic carbocycles. The van der Waals surface area contributed by atoms with Gasteiger partial charge in [0.05, 0.1) is 12.0 Å². The quantitative estimate of drug-likeness (QED) is 0.773. The number of carbonyl (C=O) groups is 1. The van der Waals surface area contributed by atoms with Crippen molar-refractivity contribution in [2.75, 3.05) is 13.7 Å². The van der Waals surface area contributed by atoms with Crippen LogP contribution in [0.4, 0.5) is 0 Å². The maximum absolute atomic E-state index is 13.1. The summed E-state index contributed by atoms with van der Waals surface area (Å²) >= 11 is 1.37. The second kappa shape index (κ2) is 8.22. The Kier molecular flexibility index (Phi) is 6.47. The van der Waals surface area contributed by atoms with Crippen molar-refractivity contribution in [1.82, 2.24) is 5.32 Å². The van der Waals surface area contributed by atoms with Crippen LogP contribution in [0.25, 0.3) is 0 Å². The van der Waals surface area contributed by atoms with E-state index in [1.807, 2.05) is 32.2 Å². The molecule has 0 fully saturated rings. The van der Waals surface area contributed by atoms with E-state index >= 15 is 0 Å². The van der Waals surface area contributed by atoms with E-state index in [2.05, 4.69) is 5.32 Å². The number of rotatable bonds is 7. The zero-order chi connectivity index (χ0) is 19.4. The van der Waals surface area contributed by atoms with Gasteiger partial charge in [0.15, 0.2) is 9.84 Å². The lowest BCUT2D eigenvalue weighted by Gasteiger charge is -2.20. The summed E-state index contributed by atoms with van der Waals surface area (Å²) in [6.45, 7) is 5.95. The van der Waals surface area contributed by atoms with Crippen LogP contribution in [0, 0.1) is 5.41 Å². The Morgan fingerprint density at radius 1 is 1.19 bits per heavy atom. The first kappa shape index (κ1) is 20.5. The van der Waals surface area contributed by atoms with Crippen LogP contribution in [0.15, 0.2) is 46.7 Å². The molecule has 0 bridgehead atoms. The molecule has 2 aromatic rings. The van der Waals surface area contributed by atoms with Gasteiger partial charge >= 0.3 is 0 Å². The number of hydrogen-bond donors (Lipinski definition) is 1. The van der Waals surface area contributed by atoms with Crippen LogP contribution in [0.1, 0.15) is 37.3 Å². The number of amides is 1. The minimum Gasteiger partial charge on any atom is -0.497 e. The first-order chi connectivity index (χ1) is 12.1. The van der Waals surface area contributed by atoms with Gasteiger partial charge in [0, 0.05) is 17.8 Å². The summed E-state index contributed by atoms with van der Waals surface area (Å²) in [7, 11) is -2.12. The summed E-state index contributed by atoms with van der Waals surface area (Å²) in [5, 5.41) is 3.81. The maximum atomic E-state index is 13.1. The predicted octanol–water partition coefficient (Wildman–Crippen LogP) is 3.82. The third-order valence-corrected chi connectivity index (χ3v) is 7.03. The summed E-state index contributed by atoms with van der Waals surface area (Å²) in [6, 6.07) is 9.91. The molecule has 2 rings (SSSR count). The fourth-order valence-electron chi connectivity index (χ4n) is 2.52. The number of hydrogen-bond acceptors (Lipinski definition) is 5. The van der Waals surface area contributed by atoms with Crippen molar-refractivity contribution in [2.24, 2.45) is 5.41 Å². The topological polar surface area (TPSA) is 72.5 Å². The molecule has 0 saturated carbocycles. The van der Waals surface area contributed by atoms with E-state index in [0.29, 0.717) is 17.0 Å². The van der Waals surface area contributed by atoms with Gasteiger partial charge in [-0.3, -0.25) is 4.79 Å². The minimum atomic E-state index is -3.65. The average Bonchev–Trinajstić information content (AvgIpc) is 3.07. The highest BCUT2D eigenvalue weighted by Crippen LogP contribution is 2.32. The molecule has 7 heteroatoms. The van der Waals surface area contributed by atoms with Crippen LogP contribution >= 0.6 is 11.3 Å². The predicted molar refractivity (Wildman–Crippen MR) is 104 cm³/mol. The van der Waals surface area contributed by atoms with Crippen LogP contribution in [-0.4, -0.2) is 28.0 Å². The van der Waals surface area contributed by atoms with Crippen LogP contribution in [0.2, 0.25) is 0 Å². The van der Waals surface area contributed by atoms with Crippen molar-refractivity contribution < 1.29 is 17.9 Å². The molecular formula is C19H25NO4S2. The highest BCUT2D eigenvalue weighted by atomic mass is 32.2. The van der Waals surface area contributed by atoms with Gasteiger partial charge < -0.3 is 10.1 Å². The third-order valence-electron chi connectivity index (χ3n) is 3.80. The van der Waals surface area contributed by atoms with Crippen LogP contribution < -0.4 is 10.1 Å². The van der Waals surface area contributed by atoms with Gasteiger partial charge in [0.25, 0.3) is 0 Å². The lowest BCUT2D eigenvalue weighted by molar-refractivity contribution is -0.122. The Bertz CT molecular complexity index is 819. The molecule has 0 radical (unpaired) electrons. The molecule has 0 spiro atoms. The summed E-state index contributed by atoms with van der Waals surface area (Å²) in [6.07, 6.45) is 0.340.